The van der Waals surface area contributed by atoms with Gasteiger partial charge in [0, 0.05) is 12.1 Å². The van der Waals surface area contributed by atoms with Gasteiger partial charge in [-0.25, -0.2) is 10.2 Å². The highest BCUT2D eigenvalue weighted by Crippen LogP contribution is 2.24. The number of urea groups is 1. The molecule has 1 aliphatic carbocycles. The normalized spacial score (nSPS) is 15.1. The van der Waals surface area contributed by atoms with Gasteiger partial charge in [-0.15, -0.1) is 0 Å². The van der Waals surface area contributed by atoms with Crippen molar-refractivity contribution in [2.75, 3.05) is 0 Å². The maximum atomic E-state index is 10.6. The van der Waals surface area contributed by atoms with Crippen LogP contribution in [0.1, 0.15) is 36.5 Å². The van der Waals surface area contributed by atoms with Crippen LogP contribution in [0.3, 0.4) is 0 Å². The largest absolute Gasteiger partial charge is 0.350 e. The number of benzene rings is 1. The summed E-state index contributed by atoms with van der Waals surface area (Å²) in [7, 11) is 0. The number of rotatable bonds is 3. The third-order valence-corrected chi connectivity index (χ3v) is 3.30. The quantitative estimate of drug-likeness (QED) is 0.622. The van der Waals surface area contributed by atoms with Crippen molar-refractivity contribution in [1.29, 1.82) is 0 Å². The summed E-state index contributed by atoms with van der Waals surface area (Å²) in [4.78, 5) is 10.6. The van der Waals surface area contributed by atoms with Crippen LogP contribution >= 0.6 is 0 Å². The Morgan fingerprint density at radius 2 is 2.17 bits per heavy atom. The minimum Gasteiger partial charge on any atom is -0.350 e. The topological polar surface area (TPSA) is 67.5 Å². The Hall–Kier alpha value is -1.84. The summed E-state index contributed by atoms with van der Waals surface area (Å²) in [5.41, 5.74) is 12.4. The Balaban J connectivity index is 2.14. The van der Waals surface area contributed by atoms with Crippen LogP contribution in [-0.4, -0.2) is 11.7 Å². The van der Waals surface area contributed by atoms with Crippen LogP contribution in [0.2, 0.25) is 0 Å². The number of nitrogens with zero attached hydrogens (tertiary/aromatic N) is 1. The molecule has 1 aliphatic rings. The smallest absolute Gasteiger partial charge is 0.332 e. The highest BCUT2D eigenvalue weighted by atomic mass is 16.2. The molecule has 0 heterocycles. The molecule has 0 bridgehead atoms. The lowest BCUT2D eigenvalue weighted by atomic mass is 9.87. The molecule has 1 aromatic rings. The first-order valence-electron chi connectivity index (χ1n) is 6.35. The molecule has 2 rings (SSSR count). The molecule has 4 nitrogen and oxygen atoms in total. The summed E-state index contributed by atoms with van der Waals surface area (Å²) in [5.74, 6) is 0. The van der Waals surface area contributed by atoms with E-state index in [0.717, 1.165) is 18.6 Å². The molecule has 0 saturated heterocycles. The van der Waals surface area contributed by atoms with Crippen LogP contribution < -0.4 is 11.2 Å². The maximum absolute atomic E-state index is 10.6. The highest BCUT2D eigenvalue weighted by Gasteiger charge is 2.13. The van der Waals surface area contributed by atoms with Gasteiger partial charge in [0.1, 0.15) is 0 Å². The lowest BCUT2D eigenvalue weighted by Gasteiger charge is -2.19. The first-order valence-corrected chi connectivity index (χ1v) is 6.35. The summed E-state index contributed by atoms with van der Waals surface area (Å²) in [6.45, 7) is 1.90. The lowest BCUT2D eigenvalue weighted by Crippen LogP contribution is -2.25. The molecular weight excluding hydrogens is 226 g/mol. The van der Waals surface area contributed by atoms with Crippen molar-refractivity contribution >= 4 is 11.7 Å². The monoisotopic (exact) mass is 245 g/mol. The number of carbonyl (C=O) groups excluding carboxylic acids is 1. The van der Waals surface area contributed by atoms with Crippen LogP contribution in [0.4, 0.5) is 4.79 Å². The summed E-state index contributed by atoms with van der Waals surface area (Å²) >= 11 is 0. The van der Waals surface area contributed by atoms with Crippen molar-refractivity contribution in [2.45, 2.75) is 39.0 Å². The Kier molecular flexibility index (Phi) is 3.97. The molecule has 0 radical (unpaired) electrons. The number of hydrogen-bond donors (Lipinski definition) is 2. The second-order valence-electron chi connectivity index (χ2n) is 4.76. The minimum absolute atomic E-state index is 0.621. The molecule has 0 atom stereocenters. The van der Waals surface area contributed by atoms with Crippen LogP contribution in [0.5, 0.6) is 0 Å². The van der Waals surface area contributed by atoms with E-state index in [9.17, 15) is 4.79 Å². The second kappa shape index (κ2) is 5.67. The number of nitrogens with one attached hydrogen (secondary N) is 1. The molecule has 0 unspecified atom stereocenters. The van der Waals surface area contributed by atoms with E-state index in [-0.39, 0.29) is 0 Å². The van der Waals surface area contributed by atoms with Gasteiger partial charge in [0.15, 0.2) is 0 Å². The molecule has 96 valence electrons. The molecule has 0 spiro atoms. The van der Waals surface area contributed by atoms with Crippen LogP contribution in [0, 0.1) is 0 Å². The maximum Gasteiger partial charge on any atom is 0.332 e. The molecular formula is C14H19N3O. The van der Waals surface area contributed by atoms with Gasteiger partial charge < -0.3 is 5.73 Å². The van der Waals surface area contributed by atoms with Gasteiger partial charge in [-0.05, 0) is 49.3 Å². The molecule has 0 saturated carbocycles. The van der Waals surface area contributed by atoms with E-state index in [4.69, 9.17) is 5.73 Å². The third kappa shape index (κ3) is 3.09. The molecule has 4 heteroatoms. The third-order valence-electron chi connectivity index (χ3n) is 3.30. The second-order valence-corrected chi connectivity index (χ2v) is 4.76. The van der Waals surface area contributed by atoms with Crippen LogP contribution in [-0.2, 0) is 19.3 Å². The summed E-state index contributed by atoms with van der Waals surface area (Å²) < 4.78 is 0. The molecule has 0 fully saturated rings. The molecule has 0 aromatic heterocycles. The zero-order valence-corrected chi connectivity index (χ0v) is 10.7. The zero-order valence-electron chi connectivity index (χ0n) is 10.7. The number of amides is 2. The van der Waals surface area contributed by atoms with E-state index < -0.39 is 6.03 Å². The number of aryl methyl sites for hydroxylation is 1. The first kappa shape index (κ1) is 12.6. The van der Waals surface area contributed by atoms with E-state index in [1.165, 1.54) is 36.0 Å². The van der Waals surface area contributed by atoms with E-state index >= 15 is 0 Å². The van der Waals surface area contributed by atoms with Crippen molar-refractivity contribution < 1.29 is 4.79 Å². The molecule has 0 aliphatic heterocycles. The van der Waals surface area contributed by atoms with E-state index in [0.29, 0.717) is 0 Å². The minimum atomic E-state index is -0.621. The van der Waals surface area contributed by atoms with Crippen molar-refractivity contribution in [3.8, 4) is 0 Å². The Bertz CT molecular complexity index is 480. The fourth-order valence-corrected chi connectivity index (χ4v) is 2.49. The molecule has 18 heavy (non-hydrogen) atoms. The van der Waals surface area contributed by atoms with Crippen LogP contribution in [0.15, 0.2) is 23.3 Å². The van der Waals surface area contributed by atoms with Crippen molar-refractivity contribution in [2.24, 2.45) is 10.8 Å². The SMILES string of the molecule is C/C(Cc1cccc2c1CCCC2)=N/NC(N)=O. The average molecular weight is 245 g/mol. The summed E-state index contributed by atoms with van der Waals surface area (Å²) in [6.07, 6.45) is 5.65. The van der Waals surface area contributed by atoms with Gasteiger partial charge >= 0.3 is 6.03 Å². The summed E-state index contributed by atoms with van der Waals surface area (Å²) in [6, 6.07) is 5.85. The Labute approximate surface area is 107 Å². The lowest BCUT2D eigenvalue weighted by molar-refractivity contribution is 0.249. The number of hydrogen-bond acceptors (Lipinski definition) is 2. The summed E-state index contributed by atoms with van der Waals surface area (Å²) in [5, 5.41) is 3.96. The van der Waals surface area contributed by atoms with E-state index in [1.54, 1.807) is 0 Å². The van der Waals surface area contributed by atoms with Crippen LogP contribution in [0.25, 0.3) is 0 Å². The van der Waals surface area contributed by atoms with Gasteiger partial charge in [-0.3, -0.25) is 0 Å². The number of hydrazone groups is 1. The van der Waals surface area contributed by atoms with Gasteiger partial charge in [0.25, 0.3) is 0 Å². The Morgan fingerprint density at radius 3 is 2.94 bits per heavy atom. The predicted molar refractivity (Wildman–Crippen MR) is 72.6 cm³/mol. The number of primary amides is 1. The van der Waals surface area contributed by atoms with E-state index in [1.807, 2.05) is 6.92 Å². The average Bonchev–Trinajstić information content (AvgIpc) is 2.37. The standard InChI is InChI=1S/C14H19N3O/c1-10(16-17-14(15)18)9-12-7-4-6-11-5-2-3-8-13(11)12/h4,6-7H,2-3,5,8-9H2,1H3,(H3,15,17,18)/b16-10-. The van der Waals surface area contributed by atoms with Crippen molar-refractivity contribution in [3.05, 3.63) is 34.9 Å². The number of nitrogens with two attached hydrogens (primary N) is 1. The number of fused-ring (bicyclic) bond motifs is 1. The molecule has 3 N–H and O–H groups in total. The van der Waals surface area contributed by atoms with Crippen molar-refractivity contribution in [3.63, 3.8) is 0 Å². The Morgan fingerprint density at radius 1 is 1.39 bits per heavy atom. The van der Waals surface area contributed by atoms with Gasteiger partial charge in [-0.1, -0.05) is 18.2 Å². The van der Waals surface area contributed by atoms with E-state index in [2.05, 4.69) is 28.7 Å². The van der Waals surface area contributed by atoms with Gasteiger partial charge in [0.2, 0.25) is 0 Å². The van der Waals surface area contributed by atoms with Crippen molar-refractivity contribution in [1.82, 2.24) is 5.43 Å². The zero-order chi connectivity index (χ0) is 13.0. The van der Waals surface area contributed by atoms with Gasteiger partial charge in [0.05, 0.1) is 0 Å². The highest BCUT2D eigenvalue weighted by molar-refractivity contribution is 5.85. The molecule has 1 aromatic carbocycles. The first-order chi connectivity index (χ1) is 8.66. The number of carbonyl (C=O) groups is 1. The fourth-order valence-electron chi connectivity index (χ4n) is 2.49. The molecule has 2 amide bonds. The predicted octanol–water partition coefficient (Wildman–Crippen LogP) is 2.15. The fraction of sp³-hybridized carbons (Fsp3) is 0.429. The van der Waals surface area contributed by atoms with Gasteiger partial charge in [-0.2, -0.15) is 5.10 Å².